The van der Waals surface area contributed by atoms with Crippen LogP contribution in [0.1, 0.15) is 71.6 Å². The molecule has 0 aromatic rings. The van der Waals surface area contributed by atoms with Crippen LogP contribution < -0.4 is 0 Å². The van der Waals surface area contributed by atoms with Crippen LogP contribution in [0, 0.1) is 0 Å². The highest BCUT2D eigenvalue weighted by molar-refractivity contribution is 5.62. The standard InChI is InChI=1S/C16H34O4.C2H4O2/c1-2-3-4-5-6-7-8-9-10-16(18)15-20-14-13-19-12-11-17;1-2(3)4/h16-18H,2-15H2,1H3;1H3,(H,3,4). The maximum absolute atomic E-state index is 9.72. The van der Waals surface area contributed by atoms with Gasteiger partial charge in [0.25, 0.3) is 5.97 Å². The Hall–Kier alpha value is -0.690. The molecule has 0 saturated carbocycles. The Morgan fingerprint density at radius 3 is 1.96 bits per heavy atom. The molecular formula is C18H38O6. The van der Waals surface area contributed by atoms with E-state index in [1.165, 1.54) is 44.9 Å². The number of aliphatic hydroxyl groups is 2. The molecular weight excluding hydrogens is 312 g/mol. The summed E-state index contributed by atoms with van der Waals surface area (Å²) in [6, 6.07) is 0. The van der Waals surface area contributed by atoms with Gasteiger partial charge in [-0.15, -0.1) is 0 Å². The Bertz CT molecular complexity index is 244. The second kappa shape index (κ2) is 22.3. The van der Waals surface area contributed by atoms with Crippen molar-refractivity contribution in [2.45, 2.75) is 77.7 Å². The molecule has 6 heteroatoms. The zero-order valence-electron chi connectivity index (χ0n) is 15.5. The molecule has 1 atom stereocenters. The third-order valence-corrected chi connectivity index (χ3v) is 3.31. The van der Waals surface area contributed by atoms with Crippen molar-refractivity contribution in [2.75, 3.05) is 33.0 Å². The number of aliphatic carboxylic acids is 1. The molecule has 0 fully saturated rings. The van der Waals surface area contributed by atoms with E-state index in [2.05, 4.69) is 6.92 Å². The molecule has 0 heterocycles. The van der Waals surface area contributed by atoms with E-state index in [-0.39, 0.29) is 12.7 Å². The Kier molecular flexibility index (Phi) is 23.7. The third-order valence-electron chi connectivity index (χ3n) is 3.31. The summed E-state index contributed by atoms with van der Waals surface area (Å²) in [5.74, 6) is -0.833. The van der Waals surface area contributed by atoms with E-state index >= 15 is 0 Å². The molecule has 0 aliphatic rings. The number of hydrogen-bond acceptors (Lipinski definition) is 5. The molecule has 24 heavy (non-hydrogen) atoms. The molecule has 0 radical (unpaired) electrons. The van der Waals surface area contributed by atoms with Crippen LogP contribution in [-0.4, -0.2) is 60.4 Å². The minimum atomic E-state index is -0.833. The summed E-state index contributed by atoms with van der Waals surface area (Å²) in [7, 11) is 0. The third kappa shape index (κ3) is 29.3. The number of rotatable bonds is 16. The lowest BCUT2D eigenvalue weighted by Gasteiger charge is -2.11. The van der Waals surface area contributed by atoms with Gasteiger partial charge < -0.3 is 24.8 Å². The van der Waals surface area contributed by atoms with Gasteiger partial charge in [0.05, 0.1) is 39.1 Å². The molecule has 0 amide bonds. The van der Waals surface area contributed by atoms with Gasteiger partial charge in [-0.3, -0.25) is 4.79 Å². The van der Waals surface area contributed by atoms with Crippen molar-refractivity contribution in [3.8, 4) is 0 Å². The molecule has 0 rings (SSSR count). The zero-order chi connectivity index (χ0) is 18.5. The number of carboxylic acids is 1. The zero-order valence-corrected chi connectivity index (χ0v) is 15.5. The van der Waals surface area contributed by atoms with Crippen molar-refractivity contribution >= 4 is 5.97 Å². The number of unbranched alkanes of at least 4 members (excludes halogenated alkanes) is 7. The van der Waals surface area contributed by atoms with Crippen LogP contribution in [0.2, 0.25) is 0 Å². The van der Waals surface area contributed by atoms with Gasteiger partial charge in [0.15, 0.2) is 0 Å². The molecule has 3 N–H and O–H groups in total. The van der Waals surface area contributed by atoms with Crippen LogP contribution >= 0.6 is 0 Å². The first kappa shape index (κ1) is 25.5. The van der Waals surface area contributed by atoms with Gasteiger partial charge in [0.1, 0.15) is 0 Å². The molecule has 0 saturated heterocycles. The molecule has 6 nitrogen and oxygen atoms in total. The van der Waals surface area contributed by atoms with Crippen LogP contribution in [0.3, 0.4) is 0 Å². The average Bonchev–Trinajstić information content (AvgIpc) is 2.53. The van der Waals surface area contributed by atoms with Gasteiger partial charge in [0.2, 0.25) is 0 Å². The lowest BCUT2D eigenvalue weighted by molar-refractivity contribution is -0.134. The Balaban J connectivity index is 0. The fourth-order valence-corrected chi connectivity index (χ4v) is 2.10. The molecule has 0 spiro atoms. The summed E-state index contributed by atoms with van der Waals surface area (Å²) in [4.78, 5) is 9.00. The highest BCUT2D eigenvalue weighted by Gasteiger charge is 2.03. The second-order valence-corrected chi connectivity index (χ2v) is 5.85. The van der Waals surface area contributed by atoms with Crippen molar-refractivity contribution in [3.63, 3.8) is 0 Å². The van der Waals surface area contributed by atoms with Gasteiger partial charge in [-0.1, -0.05) is 58.3 Å². The van der Waals surface area contributed by atoms with Crippen LogP contribution in [0.4, 0.5) is 0 Å². The van der Waals surface area contributed by atoms with Gasteiger partial charge in [-0.2, -0.15) is 0 Å². The fourth-order valence-electron chi connectivity index (χ4n) is 2.10. The van der Waals surface area contributed by atoms with Crippen molar-refractivity contribution in [2.24, 2.45) is 0 Å². The second-order valence-electron chi connectivity index (χ2n) is 5.85. The van der Waals surface area contributed by atoms with E-state index in [9.17, 15) is 5.11 Å². The quantitative estimate of drug-likeness (QED) is 0.370. The Morgan fingerprint density at radius 1 is 0.917 bits per heavy atom. The van der Waals surface area contributed by atoms with Gasteiger partial charge in [0, 0.05) is 6.92 Å². The van der Waals surface area contributed by atoms with E-state index in [1.54, 1.807) is 0 Å². The molecule has 0 aromatic carbocycles. The molecule has 146 valence electrons. The van der Waals surface area contributed by atoms with Gasteiger partial charge in [-0.05, 0) is 6.42 Å². The minimum absolute atomic E-state index is 0.0427. The van der Waals surface area contributed by atoms with Gasteiger partial charge in [-0.25, -0.2) is 0 Å². The van der Waals surface area contributed by atoms with Gasteiger partial charge >= 0.3 is 0 Å². The summed E-state index contributed by atoms with van der Waals surface area (Å²) >= 11 is 0. The SMILES string of the molecule is CC(=O)O.CCCCCCCCCCC(O)COCCOCCO. The van der Waals surface area contributed by atoms with E-state index < -0.39 is 5.97 Å². The largest absolute Gasteiger partial charge is 0.481 e. The predicted octanol–water partition coefficient (Wildman–Crippen LogP) is 2.99. The first-order valence-electron chi connectivity index (χ1n) is 9.18. The van der Waals surface area contributed by atoms with E-state index in [1.807, 2.05) is 0 Å². The predicted molar refractivity (Wildman–Crippen MR) is 95.3 cm³/mol. The number of carboxylic acid groups (broad SMARTS) is 1. The Labute approximate surface area is 147 Å². The molecule has 0 aliphatic heterocycles. The van der Waals surface area contributed by atoms with Crippen molar-refractivity contribution in [3.05, 3.63) is 0 Å². The smallest absolute Gasteiger partial charge is 0.300 e. The minimum Gasteiger partial charge on any atom is -0.481 e. The monoisotopic (exact) mass is 350 g/mol. The number of hydrogen-bond donors (Lipinski definition) is 3. The molecule has 0 aliphatic carbocycles. The molecule has 0 bridgehead atoms. The van der Waals surface area contributed by atoms with E-state index in [0.29, 0.717) is 26.4 Å². The van der Waals surface area contributed by atoms with E-state index in [0.717, 1.165) is 19.8 Å². The topological polar surface area (TPSA) is 96.2 Å². The summed E-state index contributed by atoms with van der Waals surface area (Å²) in [5, 5.41) is 25.6. The fraction of sp³-hybridized carbons (Fsp3) is 0.944. The van der Waals surface area contributed by atoms with Crippen molar-refractivity contribution in [1.82, 2.24) is 0 Å². The van der Waals surface area contributed by atoms with Crippen LogP contribution in [0.25, 0.3) is 0 Å². The highest BCUT2D eigenvalue weighted by Crippen LogP contribution is 2.10. The number of ether oxygens (including phenoxy) is 2. The summed E-state index contributed by atoms with van der Waals surface area (Å²) in [6.07, 6.45) is 10.8. The normalized spacial score (nSPS) is 11.7. The lowest BCUT2D eigenvalue weighted by atomic mass is 10.1. The van der Waals surface area contributed by atoms with Crippen LogP contribution in [0.15, 0.2) is 0 Å². The molecule has 0 aromatic heterocycles. The maximum Gasteiger partial charge on any atom is 0.300 e. The first-order valence-corrected chi connectivity index (χ1v) is 9.18. The number of aliphatic hydroxyl groups excluding tert-OH is 2. The molecule has 1 unspecified atom stereocenters. The Morgan fingerprint density at radius 2 is 1.42 bits per heavy atom. The van der Waals surface area contributed by atoms with Crippen LogP contribution in [0.5, 0.6) is 0 Å². The summed E-state index contributed by atoms with van der Waals surface area (Å²) in [5.41, 5.74) is 0. The van der Waals surface area contributed by atoms with E-state index in [4.69, 9.17) is 24.5 Å². The van der Waals surface area contributed by atoms with Crippen LogP contribution in [-0.2, 0) is 14.3 Å². The highest BCUT2D eigenvalue weighted by atomic mass is 16.5. The number of carbonyl (C=O) groups is 1. The average molecular weight is 350 g/mol. The first-order chi connectivity index (χ1) is 11.5. The summed E-state index contributed by atoms with van der Waals surface area (Å²) < 4.78 is 10.4. The van der Waals surface area contributed by atoms with Crippen molar-refractivity contribution < 1.29 is 29.6 Å². The lowest BCUT2D eigenvalue weighted by Crippen LogP contribution is -2.17. The van der Waals surface area contributed by atoms with Crippen molar-refractivity contribution in [1.29, 1.82) is 0 Å². The maximum atomic E-state index is 9.72. The summed E-state index contributed by atoms with van der Waals surface area (Å²) in [6.45, 7) is 5.06.